The number of rotatable bonds is 5. The van der Waals surface area contributed by atoms with Crippen molar-refractivity contribution in [3.63, 3.8) is 0 Å². The molecule has 0 unspecified atom stereocenters. The summed E-state index contributed by atoms with van der Waals surface area (Å²) < 4.78 is 24.9. The molecule has 0 fully saturated rings. The first kappa shape index (κ1) is 13.4. The molecular formula is C15H16FNO2. The molecule has 0 atom stereocenters. The fraction of sp³-hybridized carbons (Fsp3) is 0.200. The van der Waals surface area contributed by atoms with Crippen molar-refractivity contribution in [3.05, 3.63) is 53.8 Å². The predicted molar refractivity (Wildman–Crippen MR) is 72.0 cm³/mol. The van der Waals surface area contributed by atoms with Crippen molar-refractivity contribution < 1.29 is 13.9 Å². The van der Waals surface area contributed by atoms with E-state index in [1.54, 1.807) is 30.3 Å². The number of benzene rings is 2. The number of nitrogens with two attached hydrogens (primary N) is 1. The van der Waals surface area contributed by atoms with Gasteiger partial charge in [0, 0.05) is 12.1 Å². The van der Waals surface area contributed by atoms with E-state index in [1.165, 1.54) is 6.07 Å². The Morgan fingerprint density at radius 2 is 1.79 bits per heavy atom. The molecule has 0 saturated carbocycles. The average molecular weight is 261 g/mol. The van der Waals surface area contributed by atoms with Gasteiger partial charge >= 0.3 is 0 Å². The molecule has 0 aliphatic carbocycles. The van der Waals surface area contributed by atoms with Crippen molar-refractivity contribution in [2.24, 2.45) is 5.73 Å². The van der Waals surface area contributed by atoms with E-state index in [4.69, 9.17) is 15.2 Å². The van der Waals surface area contributed by atoms with Gasteiger partial charge in [0.1, 0.15) is 0 Å². The molecule has 0 radical (unpaired) electrons. The van der Waals surface area contributed by atoms with Gasteiger partial charge in [-0.1, -0.05) is 24.3 Å². The molecule has 0 heterocycles. The minimum absolute atomic E-state index is 0.150. The molecule has 0 saturated heterocycles. The summed E-state index contributed by atoms with van der Waals surface area (Å²) in [6, 6.07) is 11.8. The lowest BCUT2D eigenvalue weighted by molar-refractivity contribution is 0.318. The van der Waals surface area contributed by atoms with Crippen LogP contribution in [0.15, 0.2) is 42.5 Å². The third kappa shape index (κ3) is 3.03. The number of hydrogen-bond acceptors (Lipinski definition) is 3. The monoisotopic (exact) mass is 261 g/mol. The second kappa shape index (κ2) is 6.20. The van der Waals surface area contributed by atoms with Gasteiger partial charge in [-0.3, -0.25) is 0 Å². The summed E-state index contributed by atoms with van der Waals surface area (Å²) in [7, 11) is 0. The van der Waals surface area contributed by atoms with E-state index < -0.39 is 5.82 Å². The Hall–Kier alpha value is -2.07. The van der Waals surface area contributed by atoms with Gasteiger partial charge in [-0.15, -0.1) is 0 Å². The zero-order valence-corrected chi connectivity index (χ0v) is 10.7. The smallest absolute Gasteiger partial charge is 0.169 e. The van der Waals surface area contributed by atoms with Crippen LogP contribution < -0.4 is 15.2 Å². The summed E-state index contributed by atoms with van der Waals surface area (Å²) in [5, 5.41) is 0. The van der Waals surface area contributed by atoms with Crippen molar-refractivity contribution in [2.75, 3.05) is 6.61 Å². The Morgan fingerprint density at radius 1 is 1.05 bits per heavy atom. The van der Waals surface area contributed by atoms with Crippen LogP contribution in [-0.4, -0.2) is 6.61 Å². The van der Waals surface area contributed by atoms with Gasteiger partial charge in [-0.05, 0) is 25.1 Å². The molecule has 0 spiro atoms. The van der Waals surface area contributed by atoms with Crippen molar-refractivity contribution in [2.45, 2.75) is 13.5 Å². The maximum atomic E-state index is 13.8. The van der Waals surface area contributed by atoms with E-state index in [9.17, 15) is 4.39 Å². The number of para-hydroxylation sites is 3. The lowest BCUT2D eigenvalue weighted by Crippen LogP contribution is -2.02. The highest BCUT2D eigenvalue weighted by Gasteiger charge is 2.12. The van der Waals surface area contributed by atoms with Gasteiger partial charge in [-0.2, -0.15) is 0 Å². The second-order valence-corrected chi connectivity index (χ2v) is 3.91. The Morgan fingerprint density at radius 3 is 2.47 bits per heavy atom. The summed E-state index contributed by atoms with van der Waals surface area (Å²) in [5.41, 5.74) is 6.21. The summed E-state index contributed by atoms with van der Waals surface area (Å²) in [5.74, 6) is 0.770. The van der Waals surface area contributed by atoms with Gasteiger partial charge in [0.25, 0.3) is 0 Å². The topological polar surface area (TPSA) is 44.5 Å². The fourth-order valence-corrected chi connectivity index (χ4v) is 1.75. The second-order valence-electron chi connectivity index (χ2n) is 3.91. The largest absolute Gasteiger partial charge is 0.490 e. The standard InChI is InChI=1S/C15H16FNO2/c1-2-18-13-8-3-4-9-14(13)19-15-11(10-17)6-5-7-12(15)16/h3-9H,2,10,17H2,1H3. The van der Waals surface area contributed by atoms with Crippen molar-refractivity contribution in [1.82, 2.24) is 0 Å². The maximum Gasteiger partial charge on any atom is 0.169 e. The molecule has 3 nitrogen and oxygen atoms in total. The van der Waals surface area contributed by atoms with Gasteiger partial charge in [-0.25, -0.2) is 4.39 Å². The number of hydrogen-bond donors (Lipinski definition) is 1. The Kier molecular flexibility index (Phi) is 4.36. The van der Waals surface area contributed by atoms with Crippen LogP contribution in [-0.2, 0) is 6.54 Å². The highest BCUT2D eigenvalue weighted by atomic mass is 19.1. The molecular weight excluding hydrogens is 245 g/mol. The van der Waals surface area contributed by atoms with Crippen LogP contribution in [0.5, 0.6) is 17.2 Å². The van der Waals surface area contributed by atoms with E-state index >= 15 is 0 Å². The lowest BCUT2D eigenvalue weighted by atomic mass is 10.2. The van der Waals surface area contributed by atoms with Crippen molar-refractivity contribution >= 4 is 0 Å². The van der Waals surface area contributed by atoms with Crippen LogP contribution in [0.2, 0.25) is 0 Å². The molecule has 2 N–H and O–H groups in total. The molecule has 100 valence electrons. The SMILES string of the molecule is CCOc1ccccc1Oc1c(F)cccc1CN. The zero-order chi connectivity index (χ0) is 13.7. The van der Waals surface area contributed by atoms with E-state index in [2.05, 4.69) is 0 Å². The molecule has 19 heavy (non-hydrogen) atoms. The van der Waals surface area contributed by atoms with Crippen LogP contribution in [0.1, 0.15) is 12.5 Å². The highest BCUT2D eigenvalue weighted by Crippen LogP contribution is 2.34. The van der Waals surface area contributed by atoms with Gasteiger partial charge in [0.05, 0.1) is 6.61 Å². The Labute approximate surface area is 111 Å². The van der Waals surface area contributed by atoms with Crippen molar-refractivity contribution in [3.8, 4) is 17.2 Å². The van der Waals surface area contributed by atoms with Crippen LogP contribution in [0.25, 0.3) is 0 Å². The van der Waals surface area contributed by atoms with Crippen LogP contribution >= 0.6 is 0 Å². The third-order valence-electron chi connectivity index (χ3n) is 2.63. The lowest BCUT2D eigenvalue weighted by Gasteiger charge is -2.14. The van der Waals surface area contributed by atoms with E-state index in [1.807, 2.05) is 13.0 Å². The van der Waals surface area contributed by atoms with Gasteiger partial charge in [0.15, 0.2) is 23.1 Å². The van der Waals surface area contributed by atoms with E-state index in [0.717, 1.165) is 0 Å². The summed E-state index contributed by atoms with van der Waals surface area (Å²) in [4.78, 5) is 0. The van der Waals surface area contributed by atoms with Gasteiger partial charge in [0.2, 0.25) is 0 Å². The predicted octanol–water partition coefficient (Wildman–Crippen LogP) is 3.48. The molecule has 0 bridgehead atoms. The average Bonchev–Trinajstić information content (AvgIpc) is 2.43. The first-order valence-electron chi connectivity index (χ1n) is 6.13. The van der Waals surface area contributed by atoms with Crippen LogP contribution in [0.4, 0.5) is 4.39 Å². The van der Waals surface area contributed by atoms with Crippen molar-refractivity contribution in [1.29, 1.82) is 0 Å². The highest BCUT2D eigenvalue weighted by molar-refractivity contribution is 5.45. The normalized spacial score (nSPS) is 10.3. The summed E-state index contributed by atoms with van der Waals surface area (Å²) in [6.45, 7) is 2.61. The quantitative estimate of drug-likeness (QED) is 0.896. The van der Waals surface area contributed by atoms with E-state index in [-0.39, 0.29) is 12.3 Å². The van der Waals surface area contributed by atoms with E-state index in [0.29, 0.717) is 23.7 Å². The minimum Gasteiger partial charge on any atom is -0.490 e. The molecule has 4 heteroatoms. The zero-order valence-electron chi connectivity index (χ0n) is 10.7. The molecule has 0 aliphatic rings. The summed E-state index contributed by atoms with van der Waals surface area (Å²) in [6.07, 6.45) is 0. The Bertz CT molecular complexity index is 558. The van der Waals surface area contributed by atoms with Crippen LogP contribution in [0.3, 0.4) is 0 Å². The number of ether oxygens (including phenoxy) is 2. The van der Waals surface area contributed by atoms with Gasteiger partial charge < -0.3 is 15.2 Å². The molecule has 0 aliphatic heterocycles. The first-order chi connectivity index (χ1) is 9.26. The van der Waals surface area contributed by atoms with Crippen LogP contribution in [0, 0.1) is 5.82 Å². The maximum absolute atomic E-state index is 13.8. The summed E-state index contributed by atoms with van der Waals surface area (Å²) >= 11 is 0. The molecule has 2 rings (SSSR count). The number of halogens is 1. The first-order valence-corrected chi connectivity index (χ1v) is 6.13. The molecule has 0 aromatic heterocycles. The fourth-order valence-electron chi connectivity index (χ4n) is 1.75. The Balaban J connectivity index is 2.36. The molecule has 0 amide bonds. The molecule has 2 aromatic carbocycles. The third-order valence-corrected chi connectivity index (χ3v) is 2.63. The molecule has 2 aromatic rings. The minimum atomic E-state index is -0.436.